The number of hydrogen-bond acceptors (Lipinski definition) is 7. The van der Waals surface area contributed by atoms with Gasteiger partial charge in [0.1, 0.15) is 0 Å². The van der Waals surface area contributed by atoms with Crippen molar-refractivity contribution in [1.82, 2.24) is 30.3 Å². The molecule has 9 heteroatoms. The number of thiazole rings is 1. The van der Waals surface area contributed by atoms with E-state index >= 15 is 0 Å². The van der Waals surface area contributed by atoms with E-state index in [2.05, 4.69) is 20.2 Å². The number of hydrazine groups is 1. The van der Waals surface area contributed by atoms with E-state index in [4.69, 9.17) is 5.84 Å². The average Bonchev–Trinajstić information content (AvgIpc) is 3.06. The number of likely N-dealkylation sites (N-methyl/N-ethyl adjacent to an activating group) is 1. The van der Waals surface area contributed by atoms with Gasteiger partial charge in [-0.25, -0.2) is 10.8 Å². The Bertz CT molecular complexity index is 579. The molecule has 0 aliphatic rings. The Balaban J connectivity index is 1.84. The van der Waals surface area contributed by atoms with Crippen molar-refractivity contribution < 1.29 is 4.79 Å². The summed E-state index contributed by atoms with van der Waals surface area (Å²) in [5.74, 6) is 4.60. The SMILES string of the molecule is Cc1ncsc1CN(C)CCn1cc(C(=O)NN)nn1. The molecule has 0 aromatic carbocycles. The van der Waals surface area contributed by atoms with Crippen LogP contribution in [0.5, 0.6) is 0 Å². The summed E-state index contributed by atoms with van der Waals surface area (Å²) in [6, 6.07) is 0. The van der Waals surface area contributed by atoms with Crippen molar-refractivity contribution in [3.63, 3.8) is 0 Å². The van der Waals surface area contributed by atoms with Crippen molar-refractivity contribution in [2.75, 3.05) is 13.6 Å². The van der Waals surface area contributed by atoms with Crippen molar-refractivity contribution in [3.05, 3.63) is 28.0 Å². The molecule has 0 saturated carbocycles. The maximum absolute atomic E-state index is 11.2. The Morgan fingerprint density at radius 2 is 2.40 bits per heavy atom. The predicted molar refractivity (Wildman–Crippen MR) is 74.9 cm³/mol. The fourth-order valence-electron chi connectivity index (χ4n) is 1.66. The standard InChI is InChI=1S/C11H17N7OS/c1-8-10(20-7-13-8)6-17(2)3-4-18-5-9(15-16-18)11(19)14-12/h5,7H,3-4,6,12H2,1-2H3,(H,14,19). The first-order valence-corrected chi connectivity index (χ1v) is 6.96. The Morgan fingerprint density at radius 1 is 1.60 bits per heavy atom. The molecule has 0 fully saturated rings. The number of nitrogen functional groups attached to an aromatic ring is 1. The highest BCUT2D eigenvalue weighted by molar-refractivity contribution is 7.09. The molecule has 0 aliphatic heterocycles. The van der Waals surface area contributed by atoms with Gasteiger partial charge >= 0.3 is 0 Å². The van der Waals surface area contributed by atoms with E-state index < -0.39 is 5.91 Å². The lowest BCUT2D eigenvalue weighted by molar-refractivity contribution is 0.0948. The van der Waals surface area contributed by atoms with Crippen molar-refractivity contribution in [2.24, 2.45) is 5.84 Å². The number of amides is 1. The normalized spacial score (nSPS) is 11.0. The molecule has 2 rings (SSSR count). The molecule has 2 heterocycles. The van der Waals surface area contributed by atoms with Crippen molar-refractivity contribution in [3.8, 4) is 0 Å². The lowest BCUT2D eigenvalue weighted by Crippen LogP contribution is -2.30. The molecule has 0 spiro atoms. The summed E-state index contributed by atoms with van der Waals surface area (Å²) in [5.41, 5.74) is 5.17. The van der Waals surface area contributed by atoms with Crippen LogP contribution in [0.3, 0.4) is 0 Å². The Kier molecular flexibility index (Phi) is 4.77. The molecule has 20 heavy (non-hydrogen) atoms. The largest absolute Gasteiger partial charge is 0.299 e. The van der Waals surface area contributed by atoms with Crippen molar-refractivity contribution in [2.45, 2.75) is 20.0 Å². The van der Waals surface area contributed by atoms with Crippen LogP contribution < -0.4 is 11.3 Å². The van der Waals surface area contributed by atoms with Crippen LogP contribution in [0, 0.1) is 6.92 Å². The highest BCUT2D eigenvalue weighted by Crippen LogP contribution is 2.13. The average molecular weight is 295 g/mol. The maximum atomic E-state index is 11.2. The Hall–Kier alpha value is -1.84. The summed E-state index contributed by atoms with van der Waals surface area (Å²) < 4.78 is 1.63. The topological polar surface area (TPSA) is 102 Å². The summed E-state index contributed by atoms with van der Waals surface area (Å²) in [4.78, 5) is 18.9. The smallest absolute Gasteiger partial charge is 0.287 e. The second kappa shape index (κ2) is 6.55. The van der Waals surface area contributed by atoms with Gasteiger partial charge in [0.2, 0.25) is 0 Å². The van der Waals surface area contributed by atoms with Gasteiger partial charge in [-0.15, -0.1) is 16.4 Å². The van der Waals surface area contributed by atoms with E-state index in [9.17, 15) is 4.79 Å². The van der Waals surface area contributed by atoms with E-state index in [0.717, 1.165) is 18.8 Å². The zero-order chi connectivity index (χ0) is 14.5. The van der Waals surface area contributed by atoms with Crippen LogP contribution in [-0.4, -0.2) is 44.4 Å². The van der Waals surface area contributed by atoms with Crippen molar-refractivity contribution >= 4 is 17.2 Å². The van der Waals surface area contributed by atoms with E-state index in [1.165, 1.54) is 4.88 Å². The number of carbonyl (C=O) groups excluding carboxylic acids is 1. The Labute approximate surface area is 120 Å². The number of aromatic nitrogens is 4. The molecule has 0 atom stereocenters. The number of carbonyl (C=O) groups is 1. The van der Waals surface area contributed by atoms with Gasteiger partial charge < -0.3 is 0 Å². The first-order chi connectivity index (χ1) is 9.60. The minimum atomic E-state index is -0.440. The van der Waals surface area contributed by atoms with Gasteiger partial charge in [0.25, 0.3) is 5.91 Å². The lowest BCUT2D eigenvalue weighted by Gasteiger charge is -2.15. The minimum Gasteiger partial charge on any atom is -0.299 e. The molecular weight excluding hydrogens is 278 g/mol. The van der Waals surface area contributed by atoms with Gasteiger partial charge in [0, 0.05) is 18.0 Å². The van der Waals surface area contributed by atoms with Gasteiger partial charge in [-0.3, -0.25) is 19.8 Å². The van der Waals surface area contributed by atoms with Crippen LogP contribution >= 0.6 is 11.3 Å². The molecule has 0 unspecified atom stereocenters. The highest BCUT2D eigenvalue weighted by atomic mass is 32.1. The first-order valence-electron chi connectivity index (χ1n) is 6.08. The van der Waals surface area contributed by atoms with Crippen LogP contribution in [0.4, 0.5) is 0 Å². The van der Waals surface area contributed by atoms with Crippen LogP contribution in [0.15, 0.2) is 11.7 Å². The third-order valence-electron chi connectivity index (χ3n) is 2.87. The summed E-state index contributed by atoms with van der Waals surface area (Å²) in [6.07, 6.45) is 1.58. The van der Waals surface area contributed by atoms with Gasteiger partial charge in [-0.05, 0) is 14.0 Å². The van der Waals surface area contributed by atoms with E-state index in [0.29, 0.717) is 6.54 Å². The van der Waals surface area contributed by atoms with Crippen molar-refractivity contribution in [1.29, 1.82) is 0 Å². The Morgan fingerprint density at radius 3 is 3.05 bits per heavy atom. The third kappa shape index (κ3) is 3.59. The quantitative estimate of drug-likeness (QED) is 0.434. The summed E-state index contributed by atoms with van der Waals surface area (Å²) >= 11 is 1.66. The molecule has 0 aliphatic carbocycles. The van der Waals surface area contributed by atoms with E-state index in [-0.39, 0.29) is 5.69 Å². The van der Waals surface area contributed by atoms with Crippen LogP contribution in [0.2, 0.25) is 0 Å². The monoisotopic (exact) mass is 295 g/mol. The number of hydrogen-bond donors (Lipinski definition) is 2. The van der Waals surface area contributed by atoms with E-state index in [1.807, 2.05) is 24.9 Å². The van der Waals surface area contributed by atoms with Crippen LogP contribution in [-0.2, 0) is 13.1 Å². The molecule has 0 radical (unpaired) electrons. The lowest BCUT2D eigenvalue weighted by atomic mass is 10.3. The van der Waals surface area contributed by atoms with E-state index in [1.54, 1.807) is 22.2 Å². The fourth-order valence-corrected chi connectivity index (χ4v) is 2.52. The molecule has 2 aromatic rings. The van der Waals surface area contributed by atoms with Gasteiger partial charge in [0.05, 0.1) is 23.9 Å². The van der Waals surface area contributed by atoms with Crippen LogP contribution in [0.25, 0.3) is 0 Å². The van der Waals surface area contributed by atoms with Gasteiger partial charge in [-0.1, -0.05) is 5.21 Å². The fraction of sp³-hybridized carbons (Fsp3) is 0.455. The minimum absolute atomic E-state index is 0.216. The molecule has 0 bridgehead atoms. The molecular formula is C11H17N7OS. The predicted octanol–water partition coefficient (Wildman–Crippen LogP) is -0.221. The molecule has 2 aromatic heterocycles. The second-order valence-electron chi connectivity index (χ2n) is 4.44. The zero-order valence-corrected chi connectivity index (χ0v) is 12.2. The number of nitrogens with two attached hydrogens (primary N) is 1. The molecule has 0 saturated heterocycles. The third-order valence-corrected chi connectivity index (χ3v) is 3.79. The maximum Gasteiger partial charge on any atom is 0.287 e. The number of nitrogens with one attached hydrogen (secondary N) is 1. The number of rotatable bonds is 6. The highest BCUT2D eigenvalue weighted by Gasteiger charge is 2.10. The molecule has 1 amide bonds. The zero-order valence-electron chi connectivity index (χ0n) is 11.4. The summed E-state index contributed by atoms with van der Waals surface area (Å²) in [6.45, 7) is 4.31. The number of nitrogens with zero attached hydrogens (tertiary/aromatic N) is 5. The first kappa shape index (κ1) is 14.6. The second-order valence-corrected chi connectivity index (χ2v) is 5.38. The summed E-state index contributed by atoms with van der Waals surface area (Å²) in [7, 11) is 2.03. The van der Waals surface area contributed by atoms with Gasteiger partial charge in [-0.2, -0.15) is 0 Å². The summed E-state index contributed by atoms with van der Waals surface area (Å²) in [5, 5.41) is 7.63. The van der Waals surface area contributed by atoms with Gasteiger partial charge in [0.15, 0.2) is 5.69 Å². The molecule has 8 nitrogen and oxygen atoms in total. The van der Waals surface area contributed by atoms with Crippen LogP contribution in [0.1, 0.15) is 21.1 Å². The molecule has 108 valence electrons. The number of aryl methyl sites for hydroxylation is 1. The molecule has 3 N–H and O–H groups in total.